The molecule has 1 amide bonds. The van der Waals surface area contributed by atoms with E-state index >= 15 is 0 Å². The molecule has 0 atom stereocenters. The summed E-state index contributed by atoms with van der Waals surface area (Å²) in [7, 11) is 1.61. The lowest BCUT2D eigenvalue weighted by Gasteiger charge is -2.05. The zero-order valence-corrected chi connectivity index (χ0v) is 14.3. The van der Waals surface area contributed by atoms with Crippen LogP contribution < -0.4 is 15.6 Å². The summed E-state index contributed by atoms with van der Waals surface area (Å²) in [5.41, 5.74) is 0.642. The van der Waals surface area contributed by atoms with Crippen LogP contribution >= 0.6 is 23.1 Å². The second-order valence-corrected chi connectivity index (χ2v) is 6.84. The molecule has 0 aliphatic rings. The Bertz CT molecular complexity index is 907. The Balaban J connectivity index is 1.52. The van der Waals surface area contributed by atoms with Crippen molar-refractivity contribution in [2.24, 2.45) is 0 Å². The monoisotopic (exact) mass is 363 g/mol. The van der Waals surface area contributed by atoms with Gasteiger partial charge in [-0.3, -0.25) is 9.59 Å². The van der Waals surface area contributed by atoms with Gasteiger partial charge in [0.25, 0.3) is 5.56 Å². The van der Waals surface area contributed by atoms with Gasteiger partial charge in [-0.05, 0) is 17.7 Å². The minimum Gasteiger partial charge on any atom is -0.497 e. The number of hydrogen-bond acceptors (Lipinski definition) is 8. The molecule has 0 fully saturated rings. The van der Waals surface area contributed by atoms with Crippen LogP contribution in [0.15, 0.2) is 39.6 Å². The van der Waals surface area contributed by atoms with Gasteiger partial charge in [0.2, 0.25) is 10.9 Å². The number of ether oxygens (including phenoxy) is 1. The van der Waals surface area contributed by atoms with Gasteiger partial charge in [-0.2, -0.15) is 9.61 Å². The molecule has 0 saturated carbocycles. The topological polar surface area (TPSA) is 98.5 Å². The van der Waals surface area contributed by atoms with E-state index in [4.69, 9.17) is 4.74 Å². The van der Waals surface area contributed by atoms with E-state index in [0.717, 1.165) is 17.5 Å². The maximum Gasteiger partial charge on any atom is 0.293 e. The highest BCUT2D eigenvalue weighted by molar-refractivity contribution is 8.01. The summed E-state index contributed by atoms with van der Waals surface area (Å²) in [5.74, 6) is 0.862. The molecule has 0 saturated heterocycles. The summed E-state index contributed by atoms with van der Waals surface area (Å²) in [5, 5.41) is 14.4. The third-order valence-electron chi connectivity index (χ3n) is 3.04. The first kappa shape index (κ1) is 16.4. The van der Waals surface area contributed by atoms with Gasteiger partial charge in [0.1, 0.15) is 11.9 Å². The highest BCUT2D eigenvalue weighted by Crippen LogP contribution is 2.22. The lowest BCUT2D eigenvalue weighted by molar-refractivity contribution is -0.118. The first-order chi connectivity index (χ1) is 11.7. The quantitative estimate of drug-likeness (QED) is 0.651. The zero-order chi connectivity index (χ0) is 16.9. The van der Waals surface area contributed by atoms with Crippen molar-refractivity contribution in [3.8, 4) is 5.75 Å². The number of rotatable bonds is 6. The second-order valence-electron chi connectivity index (χ2n) is 4.66. The van der Waals surface area contributed by atoms with Crippen molar-refractivity contribution in [1.82, 2.24) is 25.1 Å². The Morgan fingerprint density at radius 2 is 2.17 bits per heavy atom. The molecule has 10 heteroatoms. The van der Waals surface area contributed by atoms with Gasteiger partial charge in [0.05, 0.1) is 12.9 Å². The van der Waals surface area contributed by atoms with Gasteiger partial charge in [0.15, 0.2) is 4.34 Å². The summed E-state index contributed by atoms with van der Waals surface area (Å²) in [6.45, 7) is 0.439. The summed E-state index contributed by atoms with van der Waals surface area (Å²) < 4.78 is 6.85. The van der Waals surface area contributed by atoms with Crippen molar-refractivity contribution in [3.63, 3.8) is 0 Å². The van der Waals surface area contributed by atoms with Crippen LogP contribution in [0, 0.1) is 0 Å². The number of carbonyl (C=O) groups is 1. The lowest BCUT2D eigenvalue weighted by Crippen LogP contribution is -2.24. The molecular formula is C14H13N5O3S2. The average molecular weight is 363 g/mol. The molecule has 3 rings (SSSR count). The van der Waals surface area contributed by atoms with Crippen LogP contribution in [0.5, 0.6) is 5.75 Å². The van der Waals surface area contributed by atoms with E-state index in [9.17, 15) is 9.59 Å². The van der Waals surface area contributed by atoms with Gasteiger partial charge < -0.3 is 10.1 Å². The van der Waals surface area contributed by atoms with Gasteiger partial charge >= 0.3 is 0 Å². The number of aromatic nitrogens is 4. The number of carbonyl (C=O) groups excluding carboxylic acids is 1. The Morgan fingerprint density at radius 3 is 2.88 bits per heavy atom. The van der Waals surface area contributed by atoms with Crippen molar-refractivity contribution < 1.29 is 9.53 Å². The summed E-state index contributed by atoms with van der Waals surface area (Å²) >= 11 is 2.47. The zero-order valence-electron chi connectivity index (χ0n) is 12.6. The van der Waals surface area contributed by atoms with Crippen LogP contribution in [0.3, 0.4) is 0 Å². The van der Waals surface area contributed by atoms with Gasteiger partial charge in [-0.25, -0.2) is 0 Å². The fourth-order valence-corrected chi connectivity index (χ4v) is 3.55. The van der Waals surface area contributed by atoms with Crippen LogP contribution in [-0.4, -0.2) is 38.6 Å². The van der Waals surface area contributed by atoms with Crippen LogP contribution in [0.2, 0.25) is 0 Å². The average Bonchev–Trinajstić information content (AvgIpc) is 3.03. The first-order valence-electron chi connectivity index (χ1n) is 6.89. The van der Waals surface area contributed by atoms with E-state index in [-0.39, 0.29) is 17.2 Å². The number of thioether (sulfide) groups is 1. The van der Waals surface area contributed by atoms with Crippen molar-refractivity contribution in [3.05, 3.63) is 46.4 Å². The Hall–Kier alpha value is -2.46. The number of nitrogens with zero attached hydrogens (tertiary/aromatic N) is 4. The molecule has 2 aromatic heterocycles. The van der Waals surface area contributed by atoms with E-state index < -0.39 is 0 Å². The van der Waals surface area contributed by atoms with Gasteiger partial charge in [0, 0.05) is 6.54 Å². The highest BCUT2D eigenvalue weighted by atomic mass is 32.2. The van der Waals surface area contributed by atoms with E-state index in [0.29, 0.717) is 15.8 Å². The third kappa shape index (κ3) is 3.89. The molecule has 0 aliphatic heterocycles. The minimum atomic E-state index is -0.341. The summed E-state index contributed by atoms with van der Waals surface area (Å²) in [4.78, 5) is 23.9. The summed E-state index contributed by atoms with van der Waals surface area (Å²) in [6.07, 6.45) is 1.10. The molecule has 0 spiro atoms. The fraction of sp³-hybridized carbons (Fsp3) is 0.214. The van der Waals surface area contributed by atoms with Crippen LogP contribution in [0.25, 0.3) is 4.96 Å². The smallest absolute Gasteiger partial charge is 0.293 e. The normalized spacial score (nSPS) is 10.7. The molecule has 24 heavy (non-hydrogen) atoms. The molecule has 0 unspecified atom stereocenters. The SMILES string of the molecule is COc1ccc(CNC(=O)CSc2nn3c(=O)cnnc3s2)cc1. The first-order valence-corrected chi connectivity index (χ1v) is 8.70. The third-order valence-corrected chi connectivity index (χ3v) is 5.07. The van der Waals surface area contributed by atoms with Gasteiger partial charge in [-0.15, -0.1) is 10.2 Å². The molecule has 3 aromatic rings. The van der Waals surface area contributed by atoms with E-state index in [1.54, 1.807) is 7.11 Å². The van der Waals surface area contributed by atoms with Crippen LogP contribution in [0.4, 0.5) is 0 Å². The maximum atomic E-state index is 11.9. The van der Waals surface area contributed by atoms with E-state index in [1.165, 1.54) is 27.6 Å². The Labute approximate surface area is 144 Å². The Kier molecular flexibility index (Phi) is 5.06. The predicted molar refractivity (Wildman–Crippen MR) is 90.5 cm³/mol. The molecule has 1 aromatic carbocycles. The second kappa shape index (κ2) is 7.41. The number of fused-ring (bicyclic) bond motifs is 1. The molecule has 8 nitrogen and oxygen atoms in total. The highest BCUT2D eigenvalue weighted by Gasteiger charge is 2.10. The number of benzene rings is 1. The largest absolute Gasteiger partial charge is 0.497 e. The molecular weight excluding hydrogens is 350 g/mol. The maximum absolute atomic E-state index is 11.9. The fourth-order valence-electron chi connectivity index (χ4n) is 1.84. The van der Waals surface area contributed by atoms with Crippen molar-refractivity contribution >= 4 is 34.0 Å². The molecule has 0 radical (unpaired) electrons. The minimum absolute atomic E-state index is 0.117. The standard InChI is InChI=1S/C14H13N5O3S2/c1-22-10-4-2-9(3-5-10)6-15-11(20)8-23-14-18-19-12(21)7-16-17-13(19)24-14/h2-5,7H,6,8H2,1H3,(H,15,20). The number of amides is 1. The number of methoxy groups -OCH3 is 1. The predicted octanol–water partition coefficient (Wildman–Crippen LogP) is 0.963. The molecule has 1 N–H and O–H groups in total. The molecule has 124 valence electrons. The lowest BCUT2D eigenvalue weighted by atomic mass is 10.2. The molecule has 0 bridgehead atoms. The van der Waals surface area contributed by atoms with Crippen LogP contribution in [-0.2, 0) is 11.3 Å². The molecule has 2 heterocycles. The Morgan fingerprint density at radius 1 is 1.38 bits per heavy atom. The van der Waals surface area contributed by atoms with Crippen molar-refractivity contribution in [2.45, 2.75) is 10.9 Å². The van der Waals surface area contributed by atoms with Crippen LogP contribution in [0.1, 0.15) is 5.56 Å². The van der Waals surface area contributed by atoms with Gasteiger partial charge in [-0.1, -0.05) is 35.2 Å². The number of hydrogen-bond donors (Lipinski definition) is 1. The van der Waals surface area contributed by atoms with E-state index in [1.807, 2.05) is 24.3 Å². The van der Waals surface area contributed by atoms with Crippen molar-refractivity contribution in [2.75, 3.05) is 12.9 Å². The number of nitrogens with one attached hydrogen (secondary N) is 1. The summed E-state index contributed by atoms with van der Waals surface area (Å²) in [6, 6.07) is 7.47. The molecule has 0 aliphatic carbocycles. The van der Waals surface area contributed by atoms with E-state index in [2.05, 4.69) is 20.6 Å². The van der Waals surface area contributed by atoms with Crippen molar-refractivity contribution in [1.29, 1.82) is 0 Å².